The number of hydrogen-bond donors (Lipinski definition) is 1. The van der Waals surface area contributed by atoms with Crippen LogP contribution < -0.4 is 10.6 Å². The Morgan fingerprint density at radius 1 is 0.857 bits per heavy atom. The van der Waals surface area contributed by atoms with Crippen molar-refractivity contribution < 1.29 is 14.4 Å². The number of carbonyl (C=O) groups excluding carboxylic acids is 3. The highest BCUT2D eigenvalue weighted by atomic mass is 16.2. The first-order chi connectivity index (χ1) is 13.6. The van der Waals surface area contributed by atoms with Crippen LogP contribution in [0.25, 0.3) is 0 Å². The minimum Gasteiger partial charge on any atom is -0.369 e. The molecule has 3 aliphatic rings. The third-order valence-electron chi connectivity index (χ3n) is 6.76. The molecule has 2 N–H and O–H groups in total. The van der Waals surface area contributed by atoms with Gasteiger partial charge in [0.25, 0.3) is 0 Å². The quantitative estimate of drug-likeness (QED) is 0.868. The zero-order valence-corrected chi connectivity index (χ0v) is 16.3. The van der Waals surface area contributed by atoms with E-state index >= 15 is 0 Å². The molecule has 2 heterocycles. The number of piperidine rings is 1. The van der Waals surface area contributed by atoms with Crippen LogP contribution in [0.5, 0.6) is 0 Å². The highest BCUT2D eigenvalue weighted by molar-refractivity contribution is 5.99. The Labute approximate surface area is 166 Å². The summed E-state index contributed by atoms with van der Waals surface area (Å²) in [6.45, 7) is 1.84. The molecule has 150 valence electrons. The van der Waals surface area contributed by atoms with Gasteiger partial charge >= 0.3 is 0 Å². The number of nitrogens with zero attached hydrogens (tertiary/aromatic N) is 2. The van der Waals surface area contributed by atoms with Crippen molar-refractivity contribution in [2.45, 2.75) is 44.9 Å². The van der Waals surface area contributed by atoms with Gasteiger partial charge in [-0.15, -0.1) is 0 Å². The number of nitrogens with two attached hydrogens (primary N) is 1. The first-order valence-electron chi connectivity index (χ1n) is 10.5. The van der Waals surface area contributed by atoms with Crippen LogP contribution in [-0.2, 0) is 20.8 Å². The summed E-state index contributed by atoms with van der Waals surface area (Å²) in [5.41, 5.74) is 7.63. The van der Waals surface area contributed by atoms with E-state index in [0.717, 1.165) is 37.8 Å². The number of fused-ring (bicyclic) bond motifs is 1. The molecular weight excluding hydrogens is 354 g/mol. The second kappa shape index (κ2) is 7.94. The van der Waals surface area contributed by atoms with Gasteiger partial charge in [0, 0.05) is 37.2 Å². The van der Waals surface area contributed by atoms with E-state index in [4.69, 9.17) is 5.73 Å². The molecule has 3 amide bonds. The average Bonchev–Trinajstić information content (AvgIpc) is 3.17. The fourth-order valence-electron chi connectivity index (χ4n) is 5.11. The van der Waals surface area contributed by atoms with Gasteiger partial charge in [0.15, 0.2) is 0 Å². The summed E-state index contributed by atoms with van der Waals surface area (Å²) >= 11 is 0. The maximum Gasteiger partial charge on any atom is 0.230 e. The average molecular weight is 383 g/mol. The number of benzene rings is 1. The number of hydrogen-bond acceptors (Lipinski definition) is 3. The summed E-state index contributed by atoms with van der Waals surface area (Å²) in [4.78, 5) is 41.8. The van der Waals surface area contributed by atoms with Crippen LogP contribution in [0, 0.1) is 17.8 Å². The third-order valence-corrected chi connectivity index (χ3v) is 6.76. The highest BCUT2D eigenvalue weighted by Gasteiger charge is 2.41. The van der Waals surface area contributed by atoms with Crippen molar-refractivity contribution >= 4 is 23.4 Å². The van der Waals surface area contributed by atoms with E-state index in [2.05, 4.69) is 6.07 Å². The first-order valence-corrected chi connectivity index (χ1v) is 10.5. The lowest BCUT2D eigenvalue weighted by molar-refractivity contribution is -0.144. The van der Waals surface area contributed by atoms with Crippen LogP contribution in [0.3, 0.4) is 0 Å². The number of carbonyl (C=O) groups is 3. The van der Waals surface area contributed by atoms with Gasteiger partial charge in [0.2, 0.25) is 17.7 Å². The van der Waals surface area contributed by atoms with Gasteiger partial charge in [-0.1, -0.05) is 31.0 Å². The topological polar surface area (TPSA) is 83.7 Å². The van der Waals surface area contributed by atoms with E-state index in [-0.39, 0.29) is 35.5 Å². The van der Waals surface area contributed by atoms with E-state index in [0.29, 0.717) is 32.5 Å². The van der Waals surface area contributed by atoms with Crippen molar-refractivity contribution in [3.05, 3.63) is 29.8 Å². The number of primary amides is 1. The Hall–Kier alpha value is -2.37. The zero-order chi connectivity index (χ0) is 19.7. The fourth-order valence-corrected chi connectivity index (χ4v) is 5.11. The maximum absolute atomic E-state index is 13.4. The Kier molecular flexibility index (Phi) is 5.38. The summed E-state index contributed by atoms with van der Waals surface area (Å²) in [6, 6.07) is 8.07. The van der Waals surface area contributed by atoms with Gasteiger partial charge in [-0.25, -0.2) is 0 Å². The minimum absolute atomic E-state index is 0.0912. The van der Waals surface area contributed by atoms with Gasteiger partial charge in [-0.05, 0) is 43.7 Å². The van der Waals surface area contributed by atoms with Crippen LogP contribution in [0.1, 0.15) is 44.1 Å². The second-order valence-electron chi connectivity index (χ2n) is 8.37. The van der Waals surface area contributed by atoms with Crippen LogP contribution in [0.2, 0.25) is 0 Å². The number of anilines is 1. The minimum atomic E-state index is -0.273. The van der Waals surface area contributed by atoms with E-state index < -0.39 is 0 Å². The third kappa shape index (κ3) is 3.52. The normalized spacial score (nSPS) is 25.4. The van der Waals surface area contributed by atoms with E-state index in [1.54, 1.807) is 0 Å². The Morgan fingerprint density at radius 2 is 1.50 bits per heavy atom. The Bertz CT molecular complexity index is 770. The SMILES string of the molecule is NC(=O)C1CCN(C(=O)C2CCCCC2C(=O)N2CCc3ccccc32)CC1. The lowest BCUT2D eigenvalue weighted by atomic mass is 9.77. The molecule has 28 heavy (non-hydrogen) atoms. The van der Waals surface area contributed by atoms with Crippen LogP contribution in [-0.4, -0.2) is 42.3 Å². The molecule has 1 saturated heterocycles. The van der Waals surface area contributed by atoms with Gasteiger partial charge < -0.3 is 15.5 Å². The maximum atomic E-state index is 13.4. The Morgan fingerprint density at radius 3 is 2.18 bits per heavy atom. The molecule has 6 heteroatoms. The van der Waals surface area contributed by atoms with Crippen molar-refractivity contribution in [1.29, 1.82) is 0 Å². The van der Waals surface area contributed by atoms with Crippen molar-refractivity contribution in [1.82, 2.24) is 4.90 Å². The summed E-state index contributed by atoms with van der Waals surface area (Å²) in [5.74, 6) is -0.677. The zero-order valence-electron chi connectivity index (χ0n) is 16.3. The summed E-state index contributed by atoms with van der Waals surface area (Å²) < 4.78 is 0. The van der Waals surface area contributed by atoms with Crippen molar-refractivity contribution in [2.75, 3.05) is 24.5 Å². The molecule has 2 atom stereocenters. The Balaban J connectivity index is 1.47. The standard InChI is InChI=1S/C22H29N3O3/c23-20(26)16-9-12-24(13-10-16)21(27)17-6-2-3-7-18(17)22(28)25-14-11-15-5-1-4-8-19(15)25/h1,4-5,8,16-18H,2-3,6-7,9-14H2,(H2,23,26). The molecule has 2 fully saturated rings. The van der Waals surface area contributed by atoms with Crippen LogP contribution in [0.4, 0.5) is 5.69 Å². The number of likely N-dealkylation sites (tertiary alicyclic amines) is 1. The molecule has 4 rings (SSSR count). The molecule has 0 aromatic heterocycles. The van der Waals surface area contributed by atoms with Crippen molar-refractivity contribution in [3.63, 3.8) is 0 Å². The summed E-state index contributed by atoms with van der Waals surface area (Å²) in [5, 5.41) is 0. The number of amides is 3. The second-order valence-corrected chi connectivity index (χ2v) is 8.37. The lowest BCUT2D eigenvalue weighted by Gasteiger charge is -2.38. The smallest absolute Gasteiger partial charge is 0.230 e. The van der Waals surface area contributed by atoms with E-state index in [9.17, 15) is 14.4 Å². The molecule has 0 radical (unpaired) electrons. The molecule has 0 spiro atoms. The van der Waals surface area contributed by atoms with Crippen LogP contribution in [0.15, 0.2) is 24.3 Å². The number of rotatable bonds is 3. The molecule has 0 bridgehead atoms. The van der Waals surface area contributed by atoms with Gasteiger partial charge in [0.1, 0.15) is 0 Å². The predicted octanol–water partition coefficient (Wildman–Crippen LogP) is 2.11. The fraction of sp³-hybridized carbons (Fsp3) is 0.591. The number of para-hydroxylation sites is 1. The van der Waals surface area contributed by atoms with Gasteiger partial charge in [-0.3, -0.25) is 14.4 Å². The molecule has 1 aromatic carbocycles. The van der Waals surface area contributed by atoms with Gasteiger partial charge in [0.05, 0.1) is 5.92 Å². The molecule has 1 aliphatic carbocycles. The molecule has 2 unspecified atom stereocenters. The van der Waals surface area contributed by atoms with Crippen LogP contribution >= 0.6 is 0 Å². The molecular formula is C22H29N3O3. The monoisotopic (exact) mass is 383 g/mol. The lowest BCUT2D eigenvalue weighted by Crippen LogP contribution is -2.49. The van der Waals surface area contributed by atoms with Crippen molar-refractivity contribution in [3.8, 4) is 0 Å². The molecule has 1 aromatic rings. The molecule has 6 nitrogen and oxygen atoms in total. The largest absolute Gasteiger partial charge is 0.369 e. The summed E-state index contributed by atoms with van der Waals surface area (Å²) in [6.07, 6.45) is 5.70. The first kappa shape index (κ1) is 19.0. The molecule has 1 saturated carbocycles. The van der Waals surface area contributed by atoms with Gasteiger partial charge in [-0.2, -0.15) is 0 Å². The van der Waals surface area contributed by atoms with E-state index in [1.807, 2.05) is 28.0 Å². The predicted molar refractivity (Wildman–Crippen MR) is 106 cm³/mol. The van der Waals surface area contributed by atoms with E-state index in [1.165, 1.54) is 5.56 Å². The molecule has 2 aliphatic heterocycles. The highest BCUT2D eigenvalue weighted by Crippen LogP contribution is 2.37. The van der Waals surface area contributed by atoms with Crippen molar-refractivity contribution in [2.24, 2.45) is 23.5 Å². The summed E-state index contributed by atoms with van der Waals surface area (Å²) in [7, 11) is 0.